The van der Waals surface area contributed by atoms with E-state index in [4.69, 9.17) is 0 Å². The highest BCUT2D eigenvalue weighted by Crippen LogP contribution is 2.13. The second-order valence-electron chi connectivity index (χ2n) is 3.33. The highest BCUT2D eigenvalue weighted by atomic mass is 32.2. The van der Waals surface area contributed by atoms with Crippen molar-refractivity contribution in [1.29, 1.82) is 0 Å². The quantitative estimate of drug-likeness (QED) is 0.675. The van der Waals surface area contributed by atoms with E-state index in [2.05, 4.69) is 5.32 Å². The van der Waals surface area contributed by atoms with Crippen LogP contribution in [0.1, 0.15) is 26.7 Å². The van der Waals surface area contributed by atoms with Crippen LogP contribution in [0, 0.1) is 0 Å². The first-order valence-corrected chi connectivity index (χ1v) is 5.59. The van der Waals surface area contributed by atoms with E-state index in [1.165, 1.54) is 0 Å². The van der Waals surface area contributed by atoms with E-state index in [-0.39, 0.29) is 0 Å². The summed E-state index contributed by atoms with van der Waals surface area (Å²) in [6.45, 7) is 6.17. The molecule has 1 rings (SSSR count). The molecule has 0 aromatic heterocycles. The molecule has 0 radical (unpaired) electrons. The van der Waals surface area contributed by atoms with Gasteiger partial charge in [0.15, 0.2) is 0 Å². The molecule has 11 heavy (non-hydrogen) atoms. The molecule has 66 valence electrons. The molecule has 1 aliphatic heterocycles. The molecule has 0 bridgehead atoms. The van der Waals surface area contributed by atoms with Gasteiger partial charge in [-0.2, -0.15) is 0 Å². The Balaban J connectivity index is 2.39. The van der Waals surface area contributed by atoms with Crippen LogP contribution < -0.4 is 5.32 Å². The fourth-order valence-electron chi connectivity index (χ4n) is 1.41. The van der Waals surface area contributed by atoms with Crippen molar-refractivity contribution >= 4 is 10.8 Å². The number of nitrogens with one attached hydrogen (secondary N) is 1. The molecule has 1 N–H and O–H groups in total. The Bertz CT molecular complexity index is 141. The minimum absolute atomic E-state index is 0.332. The van der Waals surface area contributed by atoms with Crippen LogP contribution >= 0.6 is 0 Å². The fraction of sp³-hybridized carbons (Fsp3) is 1.00. The van der Waals surface area contributed by atoms with Crippen LogP contribution in [0.3, 0.4) is 0 Å². The Morgan fingerprint density at radius 2 is 1.91 bits per heavy atom. The van der Waals surface area contributed by atoms with Crippen molar-refractivity contribution in [1.82, 2.24) is 5.32 Å². The lowest BCUT2D eigenvalue weighted by atomic mass is 10.2. The first-order chi connectivity index (χ1) is 5.22. The maximum atomic E-state index is 11.6. The third kappa shape index (κ3) is 2.56. The molecule has 1 fully saturated rings. The van der Waals surface area contributed by atoms with Gasteiger partial charge in [-0.15, -0.1) is 0 Å². The fourth-order valence-corrected chi connectivity index (χ4v) is 2.88. The minimum Gasteiger partial charge on any atom is -0.317 e. The van der Waals surface area contributed by atoms with Gasteiger partial charge >= 0.3 is 0 Å². The molecule has 0 saturated carbocycles. The summed E-state index contributed by atoms with van der Waals surface area (Å²) in [5.41, 5.74) is 0. The maximum Gasteiger partial charge on any atom is 0.0374 e. The third-order valence-corrected chi connectivity index (χ3v) is 4.14. The standard InChI is InChI=1S/C8H17NOS/c1-7(2)11(10)8-3-5-9-6-4-8/h7-9H,3-6H2,1-2H3/t11-/m1/s1. The molecule has 0 spiro atoms. The second-order valence-corrected chi connectivity index (χ2v) is 5.59. The van der Waals surface area contributed by atoms with Crippen LogP contribution in [-0.4, -0.2) is 27.8 Å². The predicted molar refractivity (Wildman–Crippen MR) is 49.2 cm³/mol. The Morgan fingerprint density at radius 3 is 2.36 bits per heavy atom. The van der Waals surface area contributed by atoms with Gasteiger partial charge in [-0.3, -0.25) is 4.21 Å². The zero-order valence-corrected chi connectivity index (χ0v) is 8.12. The van der Waals surface area contributed by atoms with E-state index < -0.39 is 10.8 Å². The van der Waals surface area contributed by atoms with Crippen LogP contribution in [-0.2, 0) is 10.8 Å². The molecule has 3 heteroatoms. The Hall–Kier alpha value is 0.110. The van der Waals surface area contributed by atoms with Crippen LogP contribution in [0.2, 0.25) is 0 Å². The molecule has 1 atom stereocenters. The molecule has 0 unspecified atom stereocenters. The molecule has 0 aliphatic carbocycles. The summed E-state index contributed by atoms with van der Waals surface area (Å²) < 4.78 is 11.6. The SMILES string of the molecule is CC(C)[S@@](=O)C1CCNCC1. The number of hydrogen-bond donors (Lipinski definition) is 1. The molecule has 1 saturated heterocycles. The van der Waals surface area contributed by atoms with Gasteiger partial charge in [0.2, 0.25) is 0 Å². The van der Waals surface area contributed by atoms with E-state index in [0.29, 0.717) is 10.5 Å². The van der Waals surface area contributed by atoms with Crippen LogP contribution in [0.25, 0.3) is 0 Å². The minimum atomic E-state index is -0.598. The monoisotopic (exact) mass is 175 g/mol. The summed E-state index contributed by atoms with van der Waals surface area (Å²) in [4.78, 5) is 0. The largest absolute Gasteiger partial charge is 0.317 e. The van der Waals surface area contributed by atoms with Crippen LogP contribution in [0.15, 0.2) is 0 Å². The van der Waals surface area contributed by atoms with Crippen molar-refractivity contribution < 1.29 is 4.21 Å². The van der Waals surface area contributed by atoms with Crippen molar-refractivity contribution in [2.24, 2.45) is 0 Å². The normalized spacial score (nSPS) is 23.9. The molecule has 1 heterocycles. The highest BCUT2D eigenvalue weighted by molar-refractivity contribution is 7.86. The number of hydrogen-bond acceptors (Lipinski definition) is 2. The Kier molecular flexibility index (Phi) is 3.52. The lowest BCUT2D eigenvalue weighted by molar-refractivity contribution is 0.517. The first-order valence-electron chi connectivity index (χ1n) is 4.32. The van der Waals surface area contributed by atoms with Crippen molar-refractivity contribution in [3.63, 3.8) is 0 Å². The first kappa shape index (κ1) is 9.20. The number of rotatable bonds is 2. The van der Waals surface area contributed by atoms with Gasteiger partial charge in [0.1, 0.15) is 0 Å². The predicted octanol–water partition coefficient (Wildman–Crippen LogP) is 0.895. The Labute approximate surface area is 71.2 Å². The summed E-state index contributed by atoms with van der Waals surface area (Å²) in [5.74, 6) is 0. The smallest absolute Gasteiger partial charge is 0.0374 e. The molecule has 2 nitrogen and oxygen atoms in total. The van der Waals surface area contributed by atoms with Crippen molar-refractivity contribution in [3.05, 3.63) is 0 Å². The molecule has 0 aromatic carbocycles. The number of piperidine rings is 1. The van der Waals surface area contributed by atoms with Gasteiger partial charge in [-0.25, -0.2) is 0 Å². The average Bonchev–Trinajstić information content (AvgIpc) is 2.05. The molecular formula is C8H17NOS. The molecular weight excluding hydrogens is 158 g/mol. The van der Waals surface area contributed by atoms with Gasteiger partial charge in [0.25, 0.3) is 0 Å². The van der Waals surface area contributed by atoms with Crippen LogP contribution in [0.5, 0.6) is 0 Å². The summed E-state index contributed by atoms with van der Waals surface area (Å²) >= 11 is 0. The van der Waals surface area contributed by atoms with E-state index >= 15 is 0 Å². The summed E-state index contributed by atoms with van der Waals surface area (Å²) in [6, 6.07) is 0. The van der Waals surface area contributed by atoms with Gasteiger partial charge in [0, 0.05) is 21.3 Å². The summed E-state index contributed by atoms with van der Waals surface area (Å²) in [7, 11) is -0.598. The van der Waals surface area contributed by atoms with Crippen LogP contribution in [0.4, 0.5) is 0 Å². The molecule has 0 aromatic rings. The molecule has 1 aliphatic rings. The van der Waals surface area contributed by atoms with Gasteiger partial charge in [-0.05, 0) is 25.9 Å². The zero-order valence-electron chi connectivity index (χ0n) is 7.30. The Morgan fingerprint density at radius 1 is 1.36 bits per heavy atom. The van der Waals surface area contributed by atoms with Gasteiger partial charge < -0.3 is 5.32 Å². The lowest BCUT2D eigenvalue weighted by Crippen LogP contribution is -2.35. The van der Waals surface area contributed by atoms with E-state index in [1.54, 1.807) is 0 Å². The average molecular weight is 175 g/mol. The summed E-state index contributed by atoms with van der Waals surface area (Å²) in [5, 5.41) is 4.06. The maximum absolute atomic E-state index is 11.6. The topological polar surface area (TPSA) is 29.1 Å². The summed E-state index contributed by atoms with van der Waals surface area (Å²) in [6.07, 6.45) is 2.18. The molecule has 0 amide bonds. The highest BCUT2D eigenvalue weighted by Gasteiger charge is 2.21. The lowest BCUT2D eigenvalue weighted by Gasteiger charge is -2.23. The van der Waals surface area contributed by atoms with Crippen molar-refractivity contribution in [2.45, 2.75) is 37.2 Å². The van der Waals surface area contributed by atoms with E-state index in [1.807, 2.05) is 13.8 Å². The van der Waals surface area contributed by atoms with E-state index in [9.17, 15) is 4.21 Å². The zero-order chi connectivity index (χ0) is 8.27. The third-order valence-electron chi connectivity index (χ3n) is 2.08. The van der Waals surface area contributed by atoms with Gasteiger partial charge in [0.05, 0.1) is 0 Å². The van der Waals surface area contributed by atoms with E-state index in [0.717, 1.165) is 25.9 Å². The van der Waals surface area contributed by atoms with Crippen molar-refractivity contribution in [2.75, 3.05) is 13.1 Å². The second kappa shape index (κ2) is 4.21. The van der Waals surface area contributed by atoms with Gasteiger partial charge in [-0.1, -0.05) is 13.8 Å². The van der Waals surface area contributed by atoms with Crippen molar-refractivity contribution in [3.8, 4) is 0 Å².